The molecule has 208 valence electrons. The summed E-state index contributed by atoms with van der Waals surface area (Å²) in [5, 5.41) is 4.25. The van der Waals surface area contributed by atoms with E-state index in [1.165, 1.54) is 12.3 Å². The molecule has 1 N–H and O–H groups in total. The second kappa shape index (κ2) is 11.2. The molecule has 1 saturated carbocycles. The Balaban J connectivity index is 1.63. The predicted molar refractivity (Wildman–Crippen MR) is 146 cm³/mol. The fraction of sp³-hybridized carbons (Fsp3) is 0.433. The molecule has 0 unspecified atom stereocenters. The Bertz CT molecular complexity index is 1370. The van der Waals surface area contributed by atoms with Crippen LogP contribution in [0.5, 0.6) is 0 Å². The van der Waals surface area contributed by atoms with Gasteiger partial charge in [-0.3, -0.25) is 14.6 Å². The van der Waals surface area contributed by atoms with Gasteiger partial charge in [0.25, 0.3) is 0 Å². The number of ether oxygens (including phenoxy) is 1. The molecule has 9 heteroatoms. The zero-order valence-corrected chi connectivity index (χ0v) is 23.1. The van der Waals surface area contributed by atoms with Crippen molar-refractivity contribution in [2.24, 2.45) is 11.8 Å². The van der Waals surface area contributed by atoms with Gasteiger partial charge in [0.05, 0.1) is 34.7 Å². The monoisotopic (exact) mass is 560 g/mol. The maximum absolute atomic E-state index is 13.9. The van der Waals surface area contributed by atoms with E-state index in [4.69, 9.17) is 16.3 Å². The highest BCUT2D eigenvalue weighted by atomic mass is 35.5. The van der Waals surface area contributed by atoms with Gasteiger partial charge in [-0.15, -0.1) is 0 Å². The number of hydrogen-bond acceptors (Lipinski definition) is 4. The van der Waals surface area contributed by atoms with Crippen molar-refractivity contribution in [3.8, 4) is 0 Å². The quantitative estimate of drug-likeness (QED) is 0.283. The van der Waals surface area contributed by atoms with E-state index in [2.05, 4.69) is 10.3 Å². The number of carbonyl (C=O) groups is 2. The highest BCUT2D eigenvalue weighted by molar-refractivity contribution is 6.33. The molecule has 5 nitrogen and oxygen atoms in total. The molecule has 39 heavy (non-hydrogen) atoms. The van der Waals surface area contributed by atoms with E-state index < -0.39 is 29.5 Å². The molecular formula is C30H32ClF3N2O3. The lowest BCUT2D eigenvalue weighted by Gasteiger charge is -2.26. The molecule has 3 atom stereocenters. The maximum Gasteiger partial charge on any atom is 0.392 e. The molecule has 4 rings (SSSR count). The second-order valence-corrected chi connectivity index (χ2v) is 11.6. The third kappa shape index (κ3) is 7.29. The molecule has 1 aliphatic rings. The number of carbonyl (C=O) groups excluding carboxylic acids is 2. The highest BCUT2D eigenvalue weighted by Crippen LogP contribution is 2.46. The Morgan fingerprint density at radius 3 is 2.36 bits per heavy atom. The number of benzene rings is 2. The summed E-state index contributed by atoms with van der Waals surface area (Å²) in [7, 11) is 0. The number of amides is 1. The highest BCUT2D eigenvalue weighted by Gasteiger charge is 2.46. The zero-order chi connectivity index (χ0) is 28.5. The number of rotatable bonds is 8. The van der Waals surface area contributed by atoms with Gasteiger partial charge in [0.1, 0.15) is 5.60 Å². The molecule has 2 aromatic carbocycles. The van der Waals surface area contributed by atoms with Crippen LogP contribution in [-0.2, 0) is 14.3 Å². The lowest BCUT2D eigenvalue weighted by atomic mass is 9.88. The lowest BCUT2D eigenvalue weighted by molar-refractivity contribution is -0.178. The summed E-state index contributed by atoms with van der Waals surface area (Å²) in [6.07, 6.45) is -1.09. The van der Waals surface area contributed by atoms with Crippen molar-refractivity contribution in [3.05, 3.63) is 71.0 Å². The maximum atomic E-state index is 13.9. The third-order valence-corrected chi connectivity index (χ3v) is 7.27. The Kier molecular flexibility index (Phi) is 8.26. The van der Waals surface area contributed by atoms with Crippen LogP contribution in [0.25, 0.3) is 10.8 Å². The molecular weight excluding hydrogens is 529 g/mol. The Hall–Kier alpha value is -3.13. The Morgan fingerprint density at radius 1 is 1.08 bits per heavy atom. The minimum Gasteiger partial charge on any atom is -0.460 e. The number of hydrogen-bond donors (Lipinski definition) is 1. The summed E-state index contributed by atoms with van der Waals surface area (Å²) in [6, 6.07) is 13.7. The average molecular weight is 561 g/mol. The van der Waals surface area contributed by atoms with Crippen molar-refractivity contribution < 1.29 is 27.5 Å². The van der Waals surface area contributed by atoms with Gasteiger partial charge in [0, 0.05) is 11.6 Å². The van der Waals surface area contributed by atoms with Gasteiger partial charge in [-0.05, 0) is 74.6 Å². The molecule has 0 radical (unpaired) electrons. The van der Waals surface area contributed by atoms with Crippen LogP contribution < -0.4 is 5.32 Å². The van der Waals surface area contributed by atoms with E-state index in [0.29, 0.717) is 5.39 Å². The van der Waals surface area contributed by atoms with Gasteiger partial charge in [0.15, 0.2) is 0 Å². The topological polar surface area (TPSA) is 68.3 Å². The fourth-order valence-electron chi connectivity index (χ4n) is 4.77. The fourth-order valence-corrected chi connectivity index (χ4v) is 4.94. The van der Waals surface area contributed by atoms with E-state index in [0.717, 1.165) is 30.7 Å². The molecule has 1 heterocycles. The zero-order valence-electron chi connectivity index (χ0n) is 22.3. The van der Waals surface area contributed by atoms with Crippen molar-refractivity contribution in [2.45, 2.75) is 70.6 Å². The molecule has 0 saturated heterocycles. The van der Waals surface area contributed by atoms with E-state index in [-0.39, 0.29) is 40.6 Å². The Labute approximate surface area is 231 Å². The number of nitrogens with zero attached hydrogens (tertiary/aromatic N) is 1. The summed E-state index contributed by atoms with van der Waals surface area (Å²) >= 11 is 6.39. The first-order chi connectivity index (χ1) is 18.2. The van der Waals surface area contributed by atoms with Crippen molar-refractivity contribution in [2.75, 3.05) is 5.32 Å². The summed E-state index contributed by atoms with van der Waals surface area (Å²) in [5.41, 5.74) is 0.358. The first-order valence-electron chi connectivity index (χ1n) is 13.0. The van der Waals surface area contributed by atoms with Crippen molar-refractivity contribution >= 4 is 39.9 Å². The van der Waals surface area contributed by atoms with Crippen molar-refractivity contribution in [3.63, 3.8) is 0 Å². The number of aromatic nitrogens is 1. The largest absolute Gasteiger partial charge is 0.460 e. The molecule has 0 aliphatic heterocycles. The summed E-state index contributed by atoms with van der Waals surface area (Å²) in [6.45, 7) is 6.38. The summed E-state index contributed by atoms with van der Waals surface area (Å²) in [4.78, 5) is 30.3. The van der Waals surface area contributed by atoms with Crippen LogP contribution in [0.1, 0.15) is 70.1 Å². The van der Waals surface area contributed by atoms with Crippen LogP contribution in [0.3, 0.4) is 0 Å². The van der Waals surface area contributed by atoms with Gasteiger partial charge in [-0.1, -0.05) is 48.9 Å². The summed E-state index contributed by atoms with van der Waals surface area (Å²) in [5.74, 6) is -4.67. The number of pyridine rings is 1. The SMILES string of the molecule is C[C@H]([C@@H](C(=O)Nc1cc([C@@H](CC(=O)OC(C)(C)C)C2CC2)ccc1Cl)c1cc2ccccc2cn1)C(F)(F)F. The lowest BCUT2D eigenvalue weighted by Crippen LogP contribution is -2.35. The number of alkyl halides is 3. The van der Waals surface area contributed by atoms with E-state index >= 15 is 0 Å². The molecule has 1 amide bonds. The molecule has 3 aromatic rings. The van der Waals surface area contributed by atoms with Crippen molar-refractivity contribution in [1.29, 1.82) is 0 Å². The van der Waals surface area contributed by atoms with E-state index in [9.17, 15) is 22.8 Å². The number of halogens is 4. The average Bonchev–Trinajstić information content (AvgIpc) is 3.68. The van der Waals surface area contributed by atoms with Gasteiger partial charge in [-0.25, -0.2) is 0 Å². The van der Waals surface area contributed by atoms with Crippen LogP contribution >= 0.6 is 11.6 Å². The minimum atomic E-state index is -4.63. The second-order valence-electron chi connectivity index (χ2n) is 11.2. The smallest absolute Gasteiger partial charge is 0.392 e. The van der Waals surface area contributed by atoms with Crippen LogP contribution in [0.2, 0.25) is 5.02 Å². The predicted octanol–water partition coefficient (Wildman–Crippen LogP) is 8.03. The Morgan fingerprint density at radius 2 is 1.74 bits per heavy atom. The number of anilines is 1. The van der Waals surface area contributed by atoms with Crippen LogP contribution in [0, 0.1) is 11.8 Å². The van der Waals surface area contributed by atoms with Crippen LogP contribution in [0.4, 0.5) is 18.9 Å². The summed E-state index contributed by atoms with van der Waals surface area (Å²) < 4.78 is 47.2. The van der Waals surface area contributed by atoms with Crippen LogP contribution in [0.15, 0.2) is 54.7 Å². The molecule has 0 bridgehead atoms. The molecule has 1 aromatic heterocycles. The van der Waals surface area contributed by atoms with E-state index in [1.807, 2.05) is 0 Å². The first-order valence-corrected chi connectivity index (χ1v) is 13.3. The van der Waals surface area contributed by atoms with Gasteiger partial charge < -0.3 is 10.1 Å². The van der Waals surface area contributed by atoms with Gasteiger partial charge in [-0.2, -0.15) is 13.2 Å². The molecule has 0 spiro atoms. The number of esters is 1. The minimum absolute atomic E-state index is 0.0177. The van der Waals surface area contributed by atoms with Gasteiger partial charge >= 0.3 is 12.1 Å². The first kappa shape index (κ1) is 28.9. The standard InChI is InChI=1S/C30H32ClF3N2O3/c1-17(30(32,33)34)27(25-13-19-7-5-6-8-21(19)16-35-25)28(38)36-24-14-20(11-12-23(24)31)22(18-9-10-18)15-26(37)39-29(2,3)4/h5-8,11-14,16-18,22,27H,9-10,15H2,1-4H3,(H,36,38)/t17-,22+,27-/m1/s1. The van der Waals surface area contributed by atoms with Crippen molar-refractivity contribution in [1.82, 2.24) is 4.98 Å². The van der Waals surface area contributed by atoms with E-state index in [1.54, 1.807) is 63.2 Å². The third-order valence-electron chi connectivity index (χ3n) is 6.94. The number of nitrogens with one attached hydrogen (secondary N) is 1. The van der Waals surface area contributed by atoms with Gasteiger partial charge in [0.2, 0.25) is 5.91 Å². The van der Waals surface area contributed by atoms with Crippen LogP contribution in [-0.4, -0.2) is 28.6 Å². The number of fused-ring (bicyclic) bond motifs is 1. The normalized spacial score (nSPS) is 16.4. The molecule has 1 aliphatic carbocycles. The molecule has 1 fully saturated rings.